The van der Waals surface area contributed by atoms with Gasteiger partial charge in [-0.2, -0.15) is 5.10 Å². The summed E-state index contributed by atoms with van der Waals surface area (Å²) in [5.74, 6) is 0. The molecule has 14 heavy (non-hydrogen) atoms. The number of aliphatic hydroxyl groups is 1. The van der Waals surface area contributed by atoms with Crippen LogP contribution in [0.25, 0.3) is 0 Å². The van der Waals surface area contributed by atoms with Gasteiger partial charge in [0, 0.05) is 18.7 Å². The van der Waals surface area contributed by atoms with Gasteiger partial charge in [0.05, 0.1) is 5.69 Å². The molecule has 1 N–H and O–H groups in total. The third-order valence-corrected chi connectivity index (χ3v) is 2.15. The molecule has 0 aliphatic rings. The van der Waals surface area contributed by atoms with Gasteiger partial charge in [-0.05, 0) is 19.4 Å². The number of aldehydes is 1. The second-order valence-electron chi connectivity index (χ2n) is 3.20. The van der Waals surface area contributed by atoms with Crippen molar-refractivity contribution in [2.75, 3.05) is 0 Å². The van der Waals surface area contributed by atoms with Crippen molar-refractivity contribution >= 4 is 6.29 Å². The number of carbonyl (C=O) groups is 1. The van der Waals surface area contributed by atoms with Crippen molar-refractivity contribution in [2.24, 2.45) is 0 Å². The third kappa shape index (κ3) is 2.42. The van der Waals surface area contributed by atoms with E-state index in [2.05, 4.69) is 5.10 Å². The quantitative estimate of drug-likeness (QED) is 0.700. The zero-order valence-corrected chi connectivity index (χ0v) is 8.60. The molecule has 0 radical (unpaired) electrons. The standard InChI is InChI=1S/C10H16N2O2/c1-3-8-5-9(6-10(14)7-13)12(4-2)11-8/h5,7,10,14H,3-4,6H2,1-2H3. The number of rotatable bonds is 5. The lowest BCUT2D eigenvalue weighted by molar-refractivity contribution is -0.114. The van der Waals surface area contributed by atoms with E-state index in [0.717, 1.165) is 24.4 Å². The maximum Gasteiger partial charge on any atom is 0.148 e. The Morgan fingerprint density at radius 3 is 2.86 bits per heavy atom. The Morgan fingerprint density at radius 1 is 1.64 bits per heavy atom. The van der Waals surface area contributed by atoms with Crippen LogP contribution in [0.4, 0.5) is 0 Å². The van der Waals surface area contributed by atoms with Crippen molar-refractivity contribution in [1.29, 1.82) is 0 Å². The molecule has 0 aliphatic carbocycles. The SMILES string of the molecule is CCc1cc(CC(O)C=O)n(CC)n1. The lowest BCUT2D eigenvalue weighted by atomic mass is 10.2. The van der Waals surface area contributed by atoms with Crippen LogP contribution in [0.5, 0.6) is 0 Å². The predicted molar refractivity (Wildman–Crippen MR) is 53.1 cm³/mol. The molecule has 4 heteroatoms. The fourth-order valence-corrected chi connectivity index (χ4v) is 1.39. The molecule has 0 fully saturated rings. The number of nitrogens with zero attached hydrogens (tertiary/aromatic N) is 2. The summed E-state index contributed by atoms with van der Waals surface area (Å²) in [7, 11) is 0. The van der Waals surface area contributed by atoms with Crippen LogP contribution in [0.1, 0.15) is 25.2 Å². The normalized spacial score (nSPS) is 12.8. The molecule has 1 aromatic rings. The second-order valence-corrected chi connectivity index (χ2v) is 3.20. The summed E-state index contributed by atoms with van der Waals surface area (Å²) in [5, 5.41) is 13.5. The number of aromatic nitrogens is 2. The number of carbonyl (C=O) groups excluding carboxylic acids is 1. The van der Waals surface area contributed by atoms with E-state index < -0.39 is 6.10 Å². The van der Waals surface area contributed by atoms with Gasteiger partial charge in [0.1, 0.15) is 12.4 Å². The fraction of sp³-hybridized carbons (Fsp3) is 0.600. The Kier molecular flexibility index (Phi) is 3.83. The highest BCUT2D eigenvalue weighted by Gasteiger charge is 2.10. The molecule has 0 spiro atoms. The lowest BCUT2D eigenvalue weighted by Gasteiger charge is -2.04. The van der Waals surface area contributed by atoms with E-state index in [4.69, 9.17) is 0 Å². The number of hydrogen-bond acceptors (Lipinski definition) is 3. The van der Waals surface area contributed by atoms with E-state index in [-0.39, 0.29) is 0 Å². The molecule has 1 atom stereocenters. The largest absolute Gasteiger partial charge is 0.385 e. The average molecular weight is 196 g/mol. The van der Waals surface area contributed by atoms with Crippen LogP contribution in [0.15, 0.2) is 6.07 Å². The van der Waals surface area contributed by atoms with Crippen molar-refractivity contribution in [3.63, 3.8) is 0 Å². The van der Waals surface area contributed by atoms with Gasteiger partial charge >= 0.3 is 0 Å². The molecule has 0 bridgehead atoms. The molecule has 78 valence electrons. The van der Waals surface area contributed by atoms with E-state index in [0.29, 0.717) is 12.7 Å². The molecule has 4 nitrogen and oxygen atoms in total. The van der Waals surface area contributed by atoms with Gasteiger partial charge in [-0.15, -0.1) is 0 Å². The molecular weight excluding hydrogens is 180 g/mol. The highest BCUT2D eigenvalue weighted by molar-refractivity contribution is 5.56. The lowest BCUT2D eigenvalue weighted by Crippen LogP contribution is -2.15. The van der Waals surface area contributed by atoms with Gasteiger partial charge in [0.25, 0.3) is 0 Å². The summed E-state index contributed by atoms with van der Waals surface area (Å²) in [6.45, 7) is 4.78. The molecule has 1 rings (SSSR count). The van der Waals surface area contributed by atoms with Crippen molar-refractivity contribution in [3.8, 4) is 0 Å². The van der Waals surface area contributed by atoms with Crippen LogP contribution >= 0.6 is 0 Å². The Labute approximate surface area is 83.5 Å². The van der Waals surface area contributed by atoms with E-state index >= 15 is 0 Å². The molecule has 0 saturated heterocycles. The summed E-state index contributed by atoms with van der Waals surface area (Å²) >= 11 is 0. The molecule has 1 unspecified atom stereocenters. The molecule has 0 saturated carbocycles. The number of aliphatic hydroxyl groups excluding tert-OH is 1. The van der Waals surface area contributed by atoms with Gasteiger partial charge in [0.2, 0.25) is 0 Å². The Hall–Kier alpha value is -1.16. The minimum atomic E-state index is -0.915. The maximum absolute atomic E-state index is 10.3. The summed E-state index contributed by atoms with van der Waals surface area (Å²) < 4.78 is 1.82. The summed E-state index contributed by atoms with van der Waals surface area (Å²) in [4.78, 5) is 10.3. The second kappa shape index (κ2) is 4.91. The Balaban J connectivity index is 2.83. The summed E-state index contributed by atoms with van der Waals surface area (Å²) in [6, 6.07) is 1.94. The average Bonchev–Trinajstić information content (AvgIpc) is 2.60. The molecule has 0 aliphatic heterocycles. The van der Waals surface area contributed by atoms with Crippen molar-refractivity contribution in [3.05, 3.63) is 17.5 Å². The van der Waals surface area contributed by atoms with Crippen molar-refractivity contribution in [1.82, 2.24) is 9.78 Å². The van der Waals surface area contributed by atoms with Gasteiger partial charge in [-0.3, -0.25) is 4.68 Å². The molecule has 0 amide bonds. The van der Waals surface area contributed by atoms with Gasteiger partial charge in [0.15, 0.2) is 0 Å². The zero-order chi connectivity index (χ0) is 10.6. The van der Waals surface area contributed by atoms with E-state index in [1.54, 1.807) is 0 Å². The molecule has 1 aromatic heterocycles. The monoisotopic (exact) mass is 196 g/mol. The van der Waals surface area contributed by atoms with E-state index in [1.807, 2.05) is 24.6 Å². The highest BCUT2D eigenvalue weighted by Crippen LogP contribution is 2.07. The van der Waals surface area contributed by atoms with Gasteiger partial charge in [-0.1, -0.05) is 6.92 Å². The van der Waals surface area contributed by atoms with Crippen LogP contribution in [-0.4, -0.2) is 27.3 Å². The zero-order valence-electron chi connectivity index (χ0n) is 8.60. The van der Waals surface area contributed by atoms with E-state index in [9.17, 15) is 9.90 Å². The summed E-state index contributed by atoms with van der Waals surface area (Å²) in [5.41, 5.74) is 1.92. The minimum Gasteiger partial charge on any atom is -0.385 e. The molecule has 1 heterocycles. The third-order valence-electron chi connectivity index (χ3n) is 2.15. The molecule has 0 aromatic carbocycles. The maximum atomic E-state index is 10.3. The van der Waals surface area contributed by atoms with Gasteiger partial charge in [-0.25, -0.2) is 0 Å². The highest BCUT2D eigenvalue weighted by atomic mass is 16.3. The van der Waals surface area contributed by atoms with Crippen molar-refractivity contribution in [2.45, 2.75) is 39.3 Å². The smallest absolute Gasteiger partial charge is 0.148 e. The number of aryl methyl sites for hydroxylation is 2. The van der Waals surface area contributed by atoms with Gasteiger partial charge < -0.3 is 9.90 Å². The van der Waals surface area contributed by atoms with Crippen LogP contribution in [0.2, 0.25) is 0 Å². The van der Waals surface area contributed by atoms with Crippen molar-refractivity contribution < 1.29 is 9.90 Å². The van der Waals surface area contributed by atoms with Crippen LogP contribution in [-0.2, 0) is 24.2 Å². The first-order valence-electron chi connectivity index (χ1n) is 4.90. The number of hydrogen-bond donors (Lipinski definition) is 1. The first kappa shape index (κ1) is 10.9. The first-order chi connectivity index (χ1) is 6.71. The van der Waals surface area contributed by atoms with Crippen LogP contribution in [0.3, 0.4) is 0 Å². The first-order valence-corrected chi connectivity index (χ1v) is 4.90. The van der Waals surface area contributed by atoms with Crippen LogP contribution < -0.4 is 0 Å². The van der Waals surface area contributed by atoms with Crippen LogP contribution in [0, 0.1) is 0 Å². The Morgan fingerprint density at radius 2 is 2.36 bits per heavy atom. The molecular formula is C10H16N2O2. The topological polar surface area (TPSA) is 55.1 Å². The minimum absolute atomic E-state index is 0.352. The van der Waals surface area contributed by atoms with E-state index in [1.165, 1.54) is 0 Å². The fourth-order valence-electron chi connectivity index (χ4n) is 1.39. The Bertz CT molecular complexity index is 307. The predicted octanol–water partition coefficient (Wildman–Crippen LogP) is 0.568. The summed E-state index contributed by atoms with van der Waals surface area (Å²) in [6.07, 6.45) is 0.863.